The molecule has 3 aromatic rings. The molecule has 162 valence electrons. The van der Waals surface area contributed by atoms with Gasteiger partial charge in [0.05, 0.1) is 15.3 Å². The van der Waals surface area contributed by atoms with Crippen molar-refractivity contribution < 1.29 is 14.7 Å². The summed E-state index contributed by atoms with van der Waals surface area (Å²) in [6, 6.07) is 5.02. The van der Waals surface area contributed by atoms with Gasteiger partial charge in [-0.2, -0.15) is 0 Å². The number of aromatic hydroxyl groups is 1. The third-order valence-corrected chi connectivity index (χ3v) is 7.10. The quantitative estimate of drug-likeness (QED) is 0.501. The Morgan fingerprint density at radius 1 is 1.23 bits per heavy atom. The second-order valence-corrected chi connectivity index (χ2v) is 9.08. The van der Waals surface area contributed by atoms with Crippen LogP contribution in [0.15, 0.2) is 24.4 Å². The zero-order chi connectivity index (χ0) is 22.1. The van der Waals surface area contributed by atoms with E-state index < -0.39 is 11.8 Å². The number of carbonyl (C=O) groups excluding carboxylic acids is 2. The van der Waals surface area contributed by atoms with Gasteiger partial charge in [-0.15, -0.1) is 11.3 Å². The molecule has 0 bridgehead atoms. The van der Waals surface area contributed by atoms with Gasteiger partial charge in [0, 0.05) is 25.2 Å². The first kappa shape index (κ1) is 21.8. The van der Waals surface area contributed by atoms with E-state index in [2.05, 4.69) is 20.5 Å². The van der Waals surface area contributed by atoms with E-state index in [0.29, 0.717) is 15.1 Å². The fourth-order valence-corrected chi connectivity index (χ4v) is 5.29. The topological polar surface area (TPSA) is 94.6 Å². The third-order valence-electron chi connectivity index (χ3n) is 5.19. The number of anilines is 1. The van der Waals surface area contributed by atoms with Crippen LogP contribution in [0.4, 0.5) is 5.00 Å². The summed E-state index contributed by atoms with van der Waals surface area (Å²) in [7, 11) is 1.49. The van der Waals surface area contributed by atoms with Gasteiger partial charge in [-0.25, -0.2) is 0 Å². The lowest BCUT2D eigenvalue weighted by Crippen LogP contribution is -2.21. The SMILES string of the molecule is CNC(=O)c1c(NC(=O)c2ccc(CN3CCCC3)cn2)sc2c(Cl)c(O)c(Cl)cc12. The predicted octanol–water partition coefficient (Wildman–Crippen LogP) is 4.52. The standard InChI is InChI=1S/C21H20Cl2N4O3S/c1-24-20(30)15-12-8-13(22)17(28)16(23)18(12)31-21(15)26-19(29)14-5-4-11(9-25-14)10-27-6-2-3-7-27/h4-5,8-9,28H,2-3,6-7,10H2,1H3,(H,24,30)(H,26,29). The second-order valence-electron chi connectivity index (χ2n) is 7.27. The first-order valence-electron chi connectivity index (χ1n) is 9.73. The first-order valence-corrected chi connectivity index (χ1v) is 11.3. The number of aromatic nitrogens is 1. The highest BCUT2D eigenvalue weighted by atomic mass is 35.5. The maximum Gasteiger partial charge on any atom is 0.274 e. The Bertz CT molecular complexity index is 1160. The molecule has 7 nitrogen and oxygen atoms in total. The van der Waals surface area contributed by atoms with Gasteiger partial charge < -0.3 is 15.7 Å². The number of hydrogen-bond donors (Lipinski definition) is 3. The molecule has 3 N–H and O–H groups in total. The molecule has 0 unspecified atom stereocenters. The number of fused-ring (bicyclic) bond motifs is 1. The Morgan fingerprint density at radius 2 is 1.97 bits per heavy atom. The summed E-state index contributed by atoms with van der Waals surface area (Å²) in [5.41, 5.74) is 1.51. The van der Waals surface area contributed by atoms with Gasteiger partial charge >= 0.3 is 0 Å². The number of nitrogens with zero attached hydrogens (tertiary/aromatic N) is 2. The lowest BCUT2D eigenvalue weighted by molar-refractivity contribution is 0.0966. The molecule has 1 aliphatic rings. The number of pyridine rings is 1. The molecule has 31 heavy (non-hydrogen) atoms. The van der Waals surface area contributed by atoms with Crippen molar-refractivity contribution in [2.75, 3.05) is 25.5 Å². The van der Waals surface area contributed by atoms with Crippen molar-refractivity contribution in [1.82, 2.24) is 15.2 Å². The molecule has 0 atom stereocenters. The molecule has 0 aliphatic carbocycles. The van der Waals surface area contributed by atoms with Crippen LogP contribution < -0.4 is 10.6 Å². The Balaban J connectivity index is 1.62. The van der Waals surface area contributed by atoms with Crippen LogP contribution in [0.3, 0.4) is 0 Å². The van der Waals surface area contributed by atoms with Gasteiger partial charge in [0.15, 0.2) is 5.75 Å². The highest BCUT2D eigenvalue weighted by Gasteiger charge is 2.24. The normalized spacial score (nSPS) is 14.2. The molecule has 0 spiro atoms. The molecule has 4 rings (SSSR count). The molecule has 0 radical (unpaired) electrons. The van der Waals surface area contributed by atoms with E-state index in [1.807, 2.05) is 6.07 Å². The Hall–Kier alpha value is -2.39. The molecule has 1 aromatic carbocycles. The van der Waals surface area contributed by atoms with Gasteiger partial charge in [0.2, 0.25) is 0 Å². The zero-order valence-corrected chi connectivity index (χ0v) is 19.0. The predicted molar refractivity (Wildman–Crippen MR) is 124 cm³/mol. The lowest BCUT2D eigenvalue weighted by atomic mass is 10.1. The van der Waals surface area contributed by atoms with E-state index in [-0.39, 0.29) is 27.1 Å². The van der Waals surface area contributed by atoms with Crippen molar-refractivity contribution in [3.05, 3.63) is 51.3 Å². The number of amides is 2. The molecular formula is C21H20Cl2N4O3S. The Kier molecular flexibility index (Phi) is 6.34. The van der Waals surface area contributed by atoms with Gasteiger partial charge in [0.1, 0.15) is 15.7 Å². The number of likely N-dealkylation sites (tertiary alicyclic amines) is 1. The van der Waals surface area contributed by atoms with Gasteiger partial charge in [-0.05, 0) is 43.6 Å². The van der Waals surface area contributed by atoms with Crippen LogP contribution in [0.1, 0.15) is 39.3 Å². The molecule has 0 saturated carbocycles. The number of nitrogens with one attached hydrogen (secondary N) is 2. The van der Waals surface area contributed by atoms with E-state index in [1.54, 1.807) is 12.3 Å². The summed E-state index contributed by atoms with van der Waals surface area (Å²) < 4.78 is 0.450. The van der Waals surface area contributed by atoms with E-state index in [1.165, 1.54) is 26.0 Å². The summed E-state index contributed by atoms with van der Waals surface area (Å²) in [5.74, 6) is -1.13. The number of hydrogen-bond acceptors (Lipinski definition) is 6. The van der Waals surface area contributed by atoms with E-state index in [9.17, 15) is 14.7 Å². The summed E-state index contributed by atoms with van der Waals surface area (Å²) >= 11 is 13.3. The van der Waals surface area contributed by atoms with Crippen LogP contribution in [0.2, 0.25) is 10.0 Å². The maximum atomic E-state index is 12.8. The molecule has 3 heterocycles. The van der Waals surface area contributed by atoms with Crippen molar-refractivity contribution in [3.63, 3.8) is 0 Å². The second kappa shape index (κ2) is 9.00. The molecule has 2 amide bonds. The Morgan fingerprint density at radius 3 is 2.61 bits per heavy atom. The van der Waals surface area contributed by atoms with Crippen molar-refractivity contribution in [1.29, 1.82) is 0 Å². The van der Waals surface area contributed by atoms with E-state index in [0.717, 1.165) is 36.5 Å². The van der Waals surface area contributed by atoms with Crippen molar-refractivity contribution in [2.45, 2.75) is 19.4 Å². The van der Waals surface area contributed by atoms with Crippen molar-refractivity contribution >= 4 is 61.4 Å². The van der Waals surface area contributed by atoms with Gasteiger partial charge in [0.25, 0.3) is 11.8 Å². The fraction of sp³-hybridized carbons (Fsp3) is 0.286. The maximum absolute atomic E-state index is 12.8. The molecule has 1 aliphatic heterocycles. The summed E-state index contributed by atoms with van der Waals surface area (Å²) in [5, 5.41) is 16.1. The average Bonchev–Trinajstić information content (AvgIpc) is 3.40. The highest BCUT2D eigenvalue weighted by molar-refractivity contribution is 7.24. The van der Waals surface area contributed by atoms with Gasteiger partial charge in [-0.3, -0.25) is 19.5 Å². The number of halogens is 2. The van der Waals surface area contributed by atoms with Crippen LogP contribution in [-0.4, -0.2) is 46.9 Å². The van der Waals surface area contributed by atoms with Crippen LogP contribution in [-0.2, 0) is 6.54 Å². The van der Waals surface area contributed by atoms with Crippen LogP contribution in [0.5, 0.6) is 5.75 Å². The van der Waals surface area contributed by atoms with Crippen LogP contribution in [0, 0.1) is 0 Å². The fourth-order valence-electron chi connectivity index (χ4n) is 3.61. The number of rotatable bonds is 5. The molecule has 1 fully saturated rings. The summed E-state index contributed by atoms with van der Waals surface area (Å²) in [4.78, 5) is 32.0. The number of benzene rings is 1. The Labute approximate surface area is 193 Å². The minimum absolute atomic E-state index is 0.0218. The molecular weight excluding hydrogens is 459 g/mol. The summed E-state index contributed by atoms with van der Waals surface area (Å²) in [6.45, 7) is 2.98. The largest absolute Gasteiger partial charge is 0.505 e. The van der Waals surface area contributed by atoms with Crippen LogP contribution >= 0.6 is 34.5 Å². The molecule has 2 aromatic heterocycles. The van der Waals surface area contributed by atoms with Crippen molar-refractivity contribution in [2.24, 2.45) is 0 Å². The van der Waals surface area contributed by atoms with Crippen molar-refractivity contribution in [3.8, 4) is 5.75 Å². The monoisotopic (exact) mass is 478 g/mol. The summed E-state index contributed by atoms with van der Waals surface area (Å²) in [6.07, 6.45) is 4.13. The van der Waals surface area contributed by atoms with Crippen LogP contribution in [0.25, 0.3) is 10.1 Å². The zero-order valence-electron chi connectivity index (χ0n) is 16.7. The van der Waals surface area contributed by atoms with E-state index >= 15 is 0 Å². The number of phenols is 1. The number of phenolic OH excluding ortho intramolecular Hbond substituents is 1. The lowest BCUT2D eigenvalue weighted by Gasteiger charge is -2.14. The minimum atomic E-state index is -0.448. The number of thiophene rings is 1. The smallest absolute Gasteiger partial charge is 0.274 e. The molecule has 10 heteroatoms. The van der Waals surface area contributed by atoms with Gasteiger partial charge in [-0.1, -0.05) is 29.3 Å². The van der Waals surface area contributed by atoms with E-state index in [4.69, 9.17) is 23.2 Å². The third kappa shape index (κ3) is 4.34. The molecule has 1 saturated heterocycles. The minimum Gasteiger partial charge on any atom is -0.505 e. The average molecular weight is 479 g/mol. The highest BCUT2D eigenvalue weighted by Crippen LogP contribution is 2.46. The first-order chi connectivity index (χ1) is 14.9. The number of carbonyl (C=O) groups is 2.